The molecule has 1 atom stereocenters. The number of hydrogen-bond donors (Lipinski definition) is 1. The van der Waals surface area contributed by atoms with E-state index in [1.54, 1.807) is 0 Å². The first kappa shape index (κ1) is 23.5. The minimum atomic E-state index is 0. The molecule has 0 saturated carbocycles. The molecule has 0 aliphatic carbocycles. The summed E-state index contributed by atoms with van der Waals surface area (Å²) in [4.78, 5) is 9.83. The molecule has 8 heteroatoms. The Kier molecular flexibility index (Phi) is 8.65. The van der Waals surface area contributed by atoms with Gasteiger partial charge in [-0.25, -0.2) is 4.99 Å². The van der Waals surface area contributed by atoms with Crippen LogP contribution in [-0.4, -0.2) is 63.1 Å². The van der Waals surface area contributed by atoms with Gasteiger partial charge < -0.3 is 10.2 Å². The Morgan fingerprint density at radius 1 is 1.00 bits per heavy atom. The molecular formula is C23H32IN7. The number of nitrogens with one attached hydrogen (secondary N) is 1. The molecule has 31 heavy (non-hydrogen) atoms. The molecule has 1 unspecified atom stereocenters. The Balaban J connectivity index is 0.00000272. The third-order valence-electron chi connectivity index (χ3n) is 5.72. The standard InChI is InChI=1S/C23H31N7.HI/c1-3-20(19-10-6-5-7-11-19)28-14-16-29(17-15-28)23(24-4-2)25-18-22-27-26-21-12-8-9-13-30(21)22;/h5-13,20H,3-4,14-18H2,1-2H3,(H,24,25);1H. The molecule has 1 saturated heterocycles. The van der Waals surface area contributed by atoms with Crippen molar-refractivity contribution in [1.82, 2.24) is 29.7 Å². The first-order chi connectivity index (χ1) is 14.8. The van der Waals surface area contributed by atoms with E-state index in [0.717, 1.165) is 56.6 Å². The second-order valence-electron chi connectivity index (χ2n) is 7.57. The number of hydrogen-bond acceptors (Lipinski definition) is 4. The number of piperazine rings is 1. The number of benzene rings is 1. The smallest absolute Gasteiger partial charge is 0.194 e. The lowest BCUT2D eigenvalue weighted by atomic mass is 10.0. The molecule has 166 valence electrons. The number of aromatic nitrogens is 3. The molecule has 7 nitrogen and oxygen atoms in total. The molecule has 3 aromatic rings. The van der Waals surface area contributed by atoms with Gasteiger partial charge in [-0.2, -0.15) is 0 Å². The second kappa shape index (κ2) is 11.4. The van der Waals surface area contributed by atoms with Gasteiger partial charge in [0.1, 0.15) is 6.54 Å². The van der Waals surface area contributed by atoms with Gasteiger partial charge in [0.25, 0.3) is 0 Å². The Hall–Kier alpha value is -2.20. The molecule has 1 N–H and O–H groups in total. The SMILES string of the molecule is CCNC(=NCc1nnc2ccccn12)N1CCN(C(CC)c2ccccc2)CC1.I. The molecular weight excluding hydrogens is 501 g/mol. The van der Waals surface area contributed by atoms with Gasteiger partial charge in [-0.1, -0.05) is 43.3 Å². The van der Waals surface area contributed by atoms with E-state index in [1.165, 1.54) is 5.56 Å². The zero-order valence-corrected chi connectivity index (χ0v) is 20.6. The van der Waals surface area contributed by atoms with Gasteiger partial charge in [-0.3, -0.25) is 9.30 Å². The van der Waals surface area contributed by atoms with E-state index in [4.69, 9.17) is 4.99 Å². The molecule has 1 fully saturated rings. The molecule has 0 radical (unpaired) electrons. The summed E-state index contributed by atoms with van der Waals surface area (Å²) in [6, 6.07) is 17.3. The van der Waals surface area contributed by atoms with E-state index in [2.05, 4.69) is 69.5 Å². The average molecular weight is 533 g/mol. The number of aliphatic imine (C=N–C) groups is 1. The quantitative estimate of drug-likeness (QED) is 0.298. The third kappa shape index (κ3) is 5.54. The van der Waals surface area contributed by atoms with Crippen LogP contribution in [-0.2, 0) is 6.54 Å². The highest BCUT2D eigenvalue weighted by atomic mass is 127. The maximum Gasteiger partial charge on any atom is 0.194 e. The predicted octanol–water partition coefficient (Wildman–Crippen LogP) is 3.58. The Labute approximate surface area is 201 Å². The van der Waals surface area contributed by atoms with Crippen LogP contribution in [0.15, 0.2) is 59.7 Å². The van der Waals surface area contributed by atoms with Crippen molar-refractivity contribution in [1.29, 1.82) is 0 Å². The Morgan fingerprint density at radius 2 is 1.74 bits per heavy atom. The molecule has 1 aromatic carbocycles. The summed E-state index contributed by atoms with van der Waals surface area (Å²) in [5.41, 5.74) is 2.26. The third-order valence-corrected chi connectivity index (χ3v) is 5.72. The molecule has 0 bridgehead atoms. The van der Waals surface area contributed by atoms with Crippen LogP contribution in [0.2, 0.25) is 0 Å². The van der Waals surface area contributed by atoms with Crippen LogP contribution >= 0.6 is 24.0 Å². The molecule has 3 heterocycles. The zero-order valence-electron chi connectivity index (χ0n) is 18.3. The summed E-state index contributed by atoms with van der Waals surface area (Å²) < 4.78 is 2.00. The van der Waals surface area contributed by atoms with Gasteiger partial charge in [0.15, 0.2) is 17.4 Å². The average Bonchev–Trinajstić information content (AvgIpc) is 3.22. The van der Waals surface area contributed by atoms with Crippen LogP contribution in [0.3, 0.4) is 0 Å². The lowest BCUT2D eigenvalue weighted by Gasteiger charge is -2.40. The Bertz CT molecular complexity index is 964. The molecule has 2 aromatic heterocycles. The molecule has 1 aliphatic heterocycles. The van der Waals surface area contributed by atoms with Gasteiger partial charge in [-0.15, -0.1) is 34.2 Å². The lowest BCUT2D eigenvalue weighted by molar-refractivity contribution is 0.127. The van der Waals surface area contributed by atoms with Crippen molar-refractivity contribution in [3.8, 4) is 0 Å². The van der Waals surface area contributed by atoms with Gasteiger partial charge in [0, 0.05) is 45.0 Å². The van der Waals surface area contributed by atoms with Crippen molar-refractivity contribution in [2.45, 2.75) is 32.9 Å². The van der Waals surface area contributed by atoms with Crippen molar-refractivity contribution in [3.63, 3.8) is 0 Å². The predicted molar refractivity (Wildman–Crippen MR) is 136 cm³/mol. The molecule has 0 amide bonds. The molecule has 1 aliphatic rings. The van der Waals surface area contributed by atoms with Crippen molar-refractivity contribution >= 4 is 35.6 Å². The van der Waals surface area contributed by atoms with E-state index in [-0.39, 0.29) is 24.0 Å². The van der Waals surface area contributed by atoms with Crippen LogP contribution in [0.4, 0.5) is 0 Å². The van der Waals surface area contributed by atoms with Crippen molar-refractivity contribution in [2.24, 2.45) is 4.99 Å². The number of fused-ring (bicyclic) bond motifs is 1. The summed E-state index contributed by atoms with van der Waals surface area (Å²) in [7, 11) is 0. The van der Waals surface area contributed by atoms with Crippen LogP contribution < -0.4 is 5.32 Å². The summed E-state index contributed by atoms with van der Waals surface area (Å²) in [5.74, 6) is 1.81. The van der Waals surface area contributed by atoms with Gasteiger partial charge >= 0.3 is 0 Å². The summed E-state index contributed by atoms with van der Waals surface area (Å²) in [5, 5.41) is 12.0. The second-order valence-corrected chi connectivity index (χ2v) is 7.57. The number of rotatable bonds is 6. The number of nitrogens with zero attached hydrogens (tertiary/aromatic N) is 6. The minimum Gasteiger partial charge on any atom is -0.357 e. The molecule has 0 spiro atoms. The monoisotopic (exact) mass is 533 g/mol. The van der Waals surface area contributed by atoms with Gasteiger partial charge in [-0.05, 0) is 31.0 Å². The normalized spacial score (nSPS) is 16.2. The highest BCUT2D eigenvalue weighted by Crippen LogP contribution is 2.25. The van der Waals surface area contributed by atoms with E-state index >= 15 is 0 Å². The highest BCUT2D eigenvalue weighted by Gasteiger charge is 2.25. The fourth-order valence-electron chi connectivity index (χ4n) is 4.20. The maximum atomic E-state index is 4.87. The van der Waals surface area contributed by atoms with Crippen LogP contribution in [0, 0.1) is 0 Å². The van der Waals surface area contributed by atoms with Crippen LogP contribution in [0.5, 0.6) is 0 Å². The van der Waals surface area contributed by atoms with E-state index in [1.807, 2.05) is 28.8 Å². The first-order valence-corrected chi connectivity index (χ1v) is 10.9. The van der Waals surface area contributed by atoms with Crippen molar-refractivity contribution in [2.75, 3.05) is 32.7 Å². The lowest BCUT2D eigenvalue weighted by Crippen LogP contribution is -2.53. The Morgan fingerprint density at radius 3 is 2.45 bits per heavy atom. The highest BCUT2D eigenvalue weighted by molar-refractivity contribution is 14.0. The number of halogens is 1. The first-order valence-electron chi connectivity index (χ1n) is 10.9. The minimum absolute atomic E-state index is 0. The van der Waals surface area contributed by atoms with Crippen molar-refractivity contribution < 1.29 is 0 Å². The summed E-state index contributed by atoms with van der Waals surface area (Å²) in [6.07, 6.45) is 3.11. The van der Waals surface area contributed by atoms with E-state index in [9.17, 15) is 0 Å². The summed E-state index contributed by atoms with van der Waals surface area (Å²) >= 11 is 0. The summed E-state index contributed by atoms with van der Waals surface area (Å²) in [6.45, 7) is 9.75. The maximum absolute atomic E-state index is 4.87. The molecule has 4 rings (SSSR count). The fourth-order valence-corrected chi connectivity index (χ4v) is 4.20. The van der Waals surface area contributed by atoms with Gasteiger partial charge in [0.05, 0.1) is 0 Å². The van der Waals surface area contributed by atoms with Crippen LogP contribution in [0.1, 0.15) is 37.7 Å². The zero-order chi connectivity index (χ0) is 20.8. The van der Waals surface area contributed by atoms with Crippen LogP contribution in [0.25, 0.3) is 5.65 Å². The van der Waals surface area contributed by atoms with Gasteiger partial charge in [0.2, 0.25) is 0 Å². The van der Waals surface area contributed by atoms with Crippen molar-refractivity contribution in [3.05, 3.63) is 66.1 Å². The number of guanidine groups is 1. The van der Waals surface area contributed by atoms with E-state index < -0.39 is 0 Å². The largest absolute Gasteiger partial charge is 0.357 e. The fraction of sp³-hybridized carbons (Fsp3) is 0.435. The van der Waals surface area contributed by atoms with E-state index in [0.29, 0.717) is 12.6 Å². The topological polar surface area (TPSA) is 61.1 Å². The number of pyridine rings is 1.